The molecule has 0 aliphatic carbocycles. The van der Waals surface area contributed by atoms with E-state index in [0.717, 1.165) is 10.5 Å². The Labute approximate surface area is 143 Å². The summed E-state index contributed by atoms with van der Waals surface area (Å²) in [7, 11) is 1.61. The molecule has 2 atom stereocenters. The Morgan fingerprint density at radius 3 is 2.60 bits per heavy atom. The number of rotatable bonds is 3. The van der Waals surface area contributed by atoms with E-state index in [0.29, 0.717) is 19.4 Å². The molecular weight excluding hydrogens is 333 g/mol. The predicted molar refractivity (Wildman–Crippen MR) is 87.0 cm³/mol. The van der Waals surface area contributed by atoms with Gasteiger partial charge in [0, 0.05) is 31.4 Å². The van der Waals surface area contributed by atoms with E-state index in [1.165, 1.54) is 16.9 Å². The van der Waals surface area contributed by atoms with Crippen LogP contribution in [0.15, 0.2) is 42.6 Å². The smallest absolute Gasteiger partial charge is 0.310 e. The Kier molecular flexibility index (Phi) is 4.80. The number of nitrogens with zero attached hydrogens (tertiary/aromatic N) is 3. The Morgan fingerprint density at radius 1 is 1.28 bits per heavy atom. The second-order valence-corrected chi connectivity index (χ2v) is 6.12. The lowest BCUT2D eigenvalue weighted by Gasteiger charge is -2.37. The van der Waals surface area contributed by atoms with E-state index in [-0.39, 0.29) is 11.9 Å². The van der Waals surface area contributed by atoms with Crippen molar-refractivity contribution in [1.82, 2.24) is 15.1 Å². The number of carbonyl (C=O) groups is 1. The minimum atomic E-state index is -4.94. The lowest BCUT2D eigenvalue weighted by atomic mass is 9.92. The molecule has 25 heavy (non-hydrogen) atoms. The molecule has 1 N–H and O–H groups in total. The summed E-state index contributed by atoms with van der Waals surface area (Å²) in [6.45, 7) is 0.526. The molecule has 1 saturated heterocycles. The summed E-state index contributed by atoms with van der Waals surface area (Å²) in [5.41, 5.74) is 0.993. The van der Waals surface area contributed by atoms with E-state index in [1.54, 1.807) is 7.05 Å². The molecule has 1 aromatic heterocycles. The van der Waals surface area contributed by atoms with Crippen molar-refractivity contribution in [2.24, 2.45) is 7.05 Å². The van der Waals surface area contributed by atoms with Gasteiger partial charge in [-0.05, 0) is 24.9 Å². The predicted octanol–water partition coefficient (Wildman–Crippen LogP) is 2.81. The molecule has 3 rings (SSSR count). The SMILES string of the molecule is Cn1ccc(N(C(=O)C(F)(F)F)C2CCNC(c3ccccc3)C2)n1. The van der Waals surface area contributed by atoms with Gasteiger partial charge in [0.15, 0.2) is 5.82 Å². The molecule has 1 amide bonds. The second kappa shape index (κ2) is 6.87. The Balaban J connectivity index is 1.89. The minimum absolute atomic E-state index is 0.0311. The standard InChI is InChI=1S/C17H19F3N4O/c1-23-10-8-15(22-23)24(16(25)17(18,19)20)13-7-9-21-14(11-13)12-5-3-2-4-6-12/h2-6,8,10,13-14,21H,7,9,11H2,1H3. The van der Waals surface area contributed by atoms with Crippen molar-refractivity contribution in [2.75, 3.05) is 11.4 Å². The van der Waals surface area contributed by atoms with Crippen LogP contribution in [0.5, 0.6) is 0 Å². The summed E-state index contributed by atoms with van der Waals surface area (Å²) in [6.07, 6.45) is -2.59. The van der Waals surface area contributed by atoms with Crippen molar-refractivity contribution in [2.45, 2.75) is 31.1 Å². The zero-order valence-corrected chi connectivity index (χ0v) is 13.7. The van der Waals surface area contributed by atoms with Gasteiger partial charge in [-0.25, -0.2) is 0 Å². The highest BCUT2D eigenvalue weighted by molar-refractivity contribution is 5.97. The highest BCUT2D eigenvalue weighted by atomic mass is 19.4. The molecule has 8 heteroatoms. The highest BCUT2D eigenvalue weighted by Crippen LogP contribution is 2.32. The molecule has 2 aromatic rings. The second-order valence-electron chi connectivity index (χ2n) is 6.12. The van der Waals surface area contributed by atoms with Crippen LogP contribution < -0.4 is 10.2 Å². The summed E-state index contributed by atoms with van der Waals surface area (Å²) in [5, 5.41) is 7.33. The van der Waals surface area contributed by atoms with Crippen LogP contribution in [0.25, 0.3) is 0 Å². The monoisotopic (exact) mass is 352 g/mol. The number of carbonyl (C=O) groups excluding carboxylic acids is 1. The Hall–Kier alpha value is -2.35. The van der Waals surface area contributed by atoms with Gasteiger partial charge in [0.1, 0.15) is 0 Å². The third-order valence-electron chi connectivity index (χ3n) is 4.35. The number of alkyl halides is 3. The van der Waals surface area contributed by atoms with Crippen molar-refractivity contribution >= 4 is 11.7 Å². The number of nitrogens with one attached hydrogen (secondary N) is 1. The molecule has 2 heterocycles. The van der Waals surface area contributed by atoms with E-state index in [2.05, 4.69) is 10.4 Å². The quantitative estimate of drug-likeness (QED) is 0.924. The number of amides is 1. The number of aryl methyl sites for hydroxylation is 1. The maximum absolute atomic E-state index is 13.1. The number of aromatic nitrogens is 2. The molecule has 0 bridgehead atoms. The molecule has 1 aromatic carbocycles. The van der Waals surface area contributed by atoms with Gasteiger partial charge in [0.2, 0.25) is 0 Å². The highest BCUT2D eigenvalue weighted by Gasteiger charge is 2.46. The number of piperidine rings is 1. The summed E-state index contributed by atoms with van der Waals surface area (Å²) >= 11 is 0. The van der Waals surface area contributed by atoms with Crippen LogP contribution in [0, 0.1) is 0 Å². The number of anilines is 1. The molecule has 0 saturated carbocycles. The van der Waals surface area contributed by atoms with Crippen LogP contribution in [0.4, 0.5) is 19.0 Å². The average Bonchev–Trinajstić information content (AvgIpc) is 3.01. The zero-order chi connectivity index (χ0) is 18.0. The van der Waals surface area contributed by atoms with Crippen LogP contribution in [0.2, 0.25) is 0 Å². The fourth-order valence-electron chi connectivity index (χ4n) is 3.20. The van der Waals surface area contributed by atoms with Crippen molar-refractivity contribution < 1.29 is 18.0 Å². The number of hydrogen-bond donors (Lipinski definition) is 1. The van der Waals surface area contributed by atoms with E-state index >= 15 is 0 Å². The van der Waals surface area contributed by atoms with Gasteiger partial charge in [-0.3, -0.25) is 14.4 Å². The number of hydrogen-bond acceptors (Lipinski definition) is 3. The van der Waals surface area contributed by atoms with Crippen molar-refractivity contribution in [3.05, 3.63) is 48.2 Å². The van der Waals surface area contributed by atoms with E-state index in [9.17, 15) is 18.0 Å². The largest absolute Gasteiger partial charge is 0.471 e. The van der Waals surface area contributed by atoms with E-state index in [1.807, 2.05) is 30.3 Å². The minimum Gasteiger partial charge on any atom is -0.310 e. The van der Waals surface area contributed by atoms with E-state index in [4.69, 9.17) is 0 Å². The first kappa shape index (κ1) is 17.5. The van der Waals surface area contributed by atoms with Crippen LogP contribution >= 0.6 is 0 Å². The summed E-state index contributed by atoms with van der Waals surface area (Å²) in [4.78, 5) is 12.9. The van der Waals surface area contributed by atoms with Crippen LogP contribution in [-0.4, -0.2) is 34.5 Å². The Morgan fingerprint density at radius 2 is 2.00 bits per heavy atom. The molecule has 5 nitrogen and oxygen atoms in total. The molecule has 0 spiro atoms. The summed E-state index contributed by atoms with van der Waals surface area (Å²) < 4.78 is 40.8. The maximum Gasteiger partial charge on any atom is 0.471 e. The first-order valence-corrected chi connectivity index (χ1v) is 8.04. The zero-order valence-electron chi connectivity index (χ0n) is 13.7. The van der Waals surface area contributed by atoms with Crippen molar-refractivity contribution in [3.8, 4) is 0 Å². The van der Waals surface area contributed by atoms with Gasteiger partial charge >= 0.3 is 12.1 Å². The van der Waals surface area contributed by atoms with Crippen LogP contribution in [-0.2, 0) is 11.8 Å². The molecule has 2 unspecified atom stereocenters. The fraction of sp³-hybridized carbons (Fsp3) is 0.412. The third kappa shape index (κ3) is 3.84. The average molecular weight is 352 g/mol. The van der Waals surface area contributed by atoms with Gasteiger partial charge in [-0.2, -0.15) is 18.3 Å². The van der Waals surface area contributed by atoms with Gasteiger partial charge in [0.25, 0.3) is 0 Å². The van der Waals surface area contributed by atoms with E-state index < -0.39 is 18.1 Å². The number of halogens is 3. The molecule has 1 fully saturated rings. The normalized spacial score (nSPS) is 21.1. The molecule has 1 aliphatic heterocycles. The molecular formula is C17H19F3N4O. The van der Waals surface area contributed by atoms with Crippen LogP contribution in [0.3, 0.4) is 0 Å². The molecule has 0 radical (unpaired) electrons. The van der Waals surface area contributed by atoms with Crippen molar-refractivity contribution in [3.63, 3.8) is 0 Å². The Bertz CT molecular complexity index is 729. The van der Waals surface area contributed by atoms with Gasteiger partial charge < -0.3 is 5.32 Å². The van der Waals surface area contributed by atoms with Crippen molar-refractivity contribution in [1.29, 1.82) is 0 Å². The van der Waals surface area contributed by atoms with Crippen LogP contribution in [0.1, 0.15) is 24.4 Å². The fourth-order valence-corrected chi connectivity index (χ4v) is 3.20. The van der Waals surface area contributed by atoms with Gasteiger partial charge in [0.05, 0.1) is 0 Å². The molecule has 1 aliphatic rings. The summed E-state index contributed by atoms with van der Waals surface area (Å²) in [6, 6.07) is 10.3. The first-order chi connectivity index (χ1) is 11.9. The van der Waals surface area contributed by atoms with Gasteiger partial charge in [-0.1, -0.05) is 30.3 Å². The summed E-state index contributed by atoms with van der Waals surface area (Å²) in [5.74, 6) is -1.84. The number of benzene rings is 1. The maximum atomic E-state index is 13.1. The third-order valence-corrected chi connectivity index (χ3v) is 4.35. The van der Waals surface area contributed by atoms with Gasteiger partial charge in [-0.15, -0.1) is 0 Å². The molecule has 134 valence electrons. The first-order valence-electron chi connectivity index (χ1n) is 8.04. The lowest BCUT2D eigenvalue weighted by Crippen LogP contribution is -2.51. The topological polar surface area (TPSA) is 50.2 Å². The lowest BCUT2D eigenvalue weighted by molar-refractivity contribution is -0.171.